The van der Waals surface area contributed by atoms with Crippen LogP contribution in [-0.2, 0) is 0 Å². The van der Waals surface area contributed by atoms with Gasteiger partial charge in [0, 0.05) is 32.0 Å². The number of nitrogens with zero attached hydrogens (tertiary/aromatic N) is 2. The Bertz CT molecular complexity index is 265. The Kier molecular flexibility index (Phi) is 3.99. The van der Waals surface area contributed by atoms with E-state index in [2.05, 4.69) is 16.8 Å². The lowest BCUT2D eigenvalue weighted by Crippen LogP contribution is -2.29. The normalized spacial score (nSPS) is 10.1. The molecule has 0 saturated carbocycles. The molecule has 1 heterocycles. The molecule has 72 valence electrons. The molecule has 2 N–H and O–H groups in total. The van der Waals surface area contributed by atoms with E-state index < -0.39 is 0 Å². The van der Waals surface area contributed by atoms with E-state index in [1.54, 1.807) is 12.4 Å². The van der Waals surface area contributed by atoms with Crippen molar-refractivity contribution in [2.75, 3.05) is 24.5 Å². The Balaban J connectivity index is 2.84. The van der Waals surface area contributed by atoms with Gasteiger partial charge in [0.2, 0.25) is 0 Å². The predicted octanol–water partition coefficient (Wildman–Crippen LogP) is 1.52. The highest BCUT2D eigenvalue weighted by molar-refractivity contribution is 6.33. The molecule has 0 radical (unpaired) electrons. The van der Waals surface area contributed by atoms with Crippen LogP contribution in [0, 0.1) is 0 Å². The zero-order valence-electron chi connectivity index (χ0n) is 7.70. The van der Waals surface area contributed by atoms with E-state index in [1.165, 1.54) is 0 Å². The van der Waals surface area contributed by atoms with E-state index in [0.29, 0.717) is 11.6 Å². The number of hydrogen-bond donors (Lipinski definition) is 1. The molecule has 0 bridgehead atoms. The van der Waals surface area contributed by atoms with Crippen molar-refractivity contribution in [1.29, 1.82) is 0 Å². The van der Waals surface area contributed by atoms with Crippen LogP contribution in [0.15, 0.2) is 18.5 Å². The first kappa shape index (κ1) is 10.3. The fraction of sp³-hybridized carbons (Fsp3) is 0.444. The highest BCUT2D eigenvalue weighted by atomic mass is 35.5. The highest BCUT2D eigenvalue weighted by Crippen LogP contribution is 2.23. The molecule has 0 aliphatic heterocycles. The van der Waals surface area contributed by atoms with Crippen molar-refractivity contribution >= 4 is 17.3 Å². The van der Waals surface area contributed by atoms with Crippen LogP contribution in [0.3, 0.4) is 0 Å². The molecule has 0 saturated heterocycles. The molecule has 0 amide bonds. The number of hydrogen-bond acceptors (Lipinski definition) is 3. The number of aromatic nitrogens is 1. The van der Waals surface area contributed by atoms with Gasteiger partial charge in [0.05, 0.1) is 10.7 Å². The molecule has 0 unspecified atom stereocenters. The van der Waals surface area contributed by atoms with Gasteiger partial charge in [-0.25, -0.2) is 0 Å². The minimum Gasteiger partial charge on any atom is -0.369 e. The van der Waals surface area contributed by atoms with Gasteiger partial charge in [-0.2, -0.15) is 0 Å². The summed E-state index contributed by atoms with van der Waals surface area (Å²) in [7, 11) is 0. The Morgan fingerprint density at radius 2 is 2.38 bits per heavy atom. The van der Waals surface area contributed by atoms with E-state index in [4.69, 9.17) is 17.3 Å². The Hall–Kier alpha value is -0.800. The fourth-order valence-electron chi connectivity index (χ4n) is 1.23. The van der Waals surface area contributed by atoms with Gasteiger partial charge in [0.25, 0.3) is 0 Å². The number of rotatable bonds is 4. The lowest BCUT2D eigenvalue weighted by atomic mass is 10.3. The lowest BCUT2D eigenvalue weighted by Gasteiger charge is -2.22. The minimum absolute atomic E-state index is 0.631. The van der Waals surface area contributed by atoms with Gasteiger partial charge in [0.15, 0.2) is 0 Å². The summed E-state index contributed by atoms with van der Waals surface area (Å²) in [5.74, 6) is 0. The Labute approximate surface area is 83.5 Å². The van der Waals surface area contributed by atoms with E-state index in [1.807, 2.05) is 6.07 Å². The van der Waals surface area contributed by atoms with Gasteiger partial charge < -0.3 is 10.6 Å². The van der Waals surface area contributed by atoms with Crippen molar-refractivity contribution in [2.24, 2.45) is 5.73 Å². The highest BCUT2D eigenvalue weighted by Gasteiger charge is 2.06. The maximum Gasteiger partial charge on any atom is 0.0822 e. The number of nitrogens with two attached hydrogens (primary N) is 1. The average Bonchev–Trinajstić information content (AvgIpc) is 2.16. The van der Waals surface area contributed by atoms with Crippen LogP contribution in [0.5, 0.6) is 0 Å². The van der Waals surface area contributed by atoms with Crippen molar-refractivity contribution < 1.29 is 0 Å². The summed E-state index contributed by atoms with van der Waals surface area (Å²) in [6.45, 7) is 4.43. The largest absolute Gasteiger partial charge is 0.369 e. The van der Waals surface area contributed by atoms with Gasteiger partial charge in [-0.3, -0.25) is 4.98 Å². The molecule has 1 aromatic heterocycles. The molecule has 1 aromatic rings. The van der Waals surface area contributed by atoms with Gasteiger partial charge in [-0.15, -0.1) is 0 Å². The standard InChI is InChI=1S/C9H14ClN3/c1-2-13(6-4-11)9-3-5-12-7-8(9)10/h3,5,7H,2,4,6,11H2,1H3. The first-order valence-corrected chi connectivity index (χ1v) is 4.72. The first-order valence-electron chi connectivity index (χ1n) is 4.34. The molecule has 13 heavy (non-hydrogen) atoms. The van der Waals surface area contributed by atoms with Crippen molar-refractivity contribution in [3.63, 3.8) is 0 Å². The van der Waals surface area contributed by atoms with Crippen LogP contribution < -0.4 is 10.6 Å². The Morgan fingerprint density at radius 1 is 1.62 bits per heavy atom. The number of halogens is 1. The van der Waals surface area contributed by atoms with Crippen LogP contribution >= 0.6 is 11.6 Å². The van der Waals surface area contributed by atoms with E-state index >= 15 is 0 Å². The molecule has 4 heteroatoms. The lowest BCUT2D eigenvalue weighted by molar-refractivity contribution is 0.816. The van der Waals surface area contributed by atoms with E-state index in [0.717, 1.165) is 18.8 Å². The third-order valence-corrected chi connectivity index (χ3v) is 2.16. The second-order valence-corrected chi connectivity index (χ2v) is 3.10. The number of anilines is 1. The molecule has 3 nitrogen and oxygen atoms in total. The minimum atomic E-state index is 0.631. The summed E-state index contributed by atoms with van der Waals surface area (Å²) in [6, 6.07) is 1.90. The molecule has 1 rings (SSSR count). The van der Waals surface area contributed by atoms with E-state index in [9.17, 15) is 0 Å². The first-order chi connectivity index (χ1) is 6.29. The van der Waals surface area contributed by atoms with Gasteiger partial charge >= 0.3 is 0 Å². The van der Waals surface area contributed by atoms with Gasteiger partial charge in [-0.05, 0) is 13.0 Å². The molecule has 0 spiro atoms. The summed E-state index contributed by atoms with van der Waals surface area (Å²) in [5.41, 5.74) is 6.50. The Morgan fingerprint density at radius 3 is 2.92 bits per heavy atom. The second kappa shape index (κ2) is 5.04. The molecular weight excluding hydrogens is 186 g/mol. The summed E-state index contributed by atoms with van der Waals surface area (Å²) >= 11 is 5.99. The quantitative estimate of drug-likeness (QED) is 0.800. The summed E-state index contributed by atoms with van der Waals surface area (Å²) in [4.78, 5) is 6.06. The van der Waals surface area contributed by atoms with Gasteiger partial charge in [0.1, 0.15) is 0 Å². The maximum absolute atomic E-state index is 5.99. The molecule has 0 fully saturated rings. The topological polar surface area (TPSA) is 42.1 Å². The molecule has 0 atom stereocenters. The smallest absolute Gasteiger partial charge is 0.0822 e. The fourth-order valence-corrected chi connectivity index (χ4v) is 1.47. The summed E-state index contributed by atoms with van der Waals surface area (Å²) < 4.78 is 0. The van der Waals surface area contributed by atoms with Crippen LogP contribution in [0.1, 0.15) is 6.92 Å². The van der Waals surface area contributed by atoms with Crippen LogP contribution in [-0.4, -0.2) is 24.6 Å². The number of pyridine rings is 1. The zero-order chi connectivity index (χ0) is 9.68. The zero-order valence-corrected chi connectivity index (χ0v) is 8.46. The summed E-state index contributed by atoms with van der Waals surface area (Å²) in [6.07, 6.45) is 3.39. The van der Waals surface area contributed by atoms with Crippen molar-refractivity contribution in [3.05, 3.63) is 23.5 Å². The van der Waals surface area contributed by atoms with Crippen LogP contribution in [0.2, 0.25) is 5.02 Å². The molecule has 0 aliphatic rings. The van der Waals surface area contributed by atoms with Crippen molar-refractivity contribution in [1.82, 2.24) is 4.98 Å². The molecular formula is C9H14ClN3. The third-order valence-electron chi connectivity index (χ3n) is 1.87. The predicted molar refractivity (Wildman–Crippen MR) is 56.2 cm³/mol. The van der Waals surface area contributed by atoms with Crippen LogP contribution in [0.25, 0.3) is 0 Å². The number of likely N-dealkylation sites (N-methyl/N-ethyl adjacent to an activating group) is 1. The SMILES string of the molecule is CCN(CCN)c1ccncc1Cl. The molecule has 0 aromatic carbocycles. The van der Waals surface area contributed by atoms with Crippen molar-refractivity contribution in [3.8, 4) is 0 Å². The monoisotopic (exact) mass is 199 g/mol. The van der Waals surface area contributed by atoms with Gasteiger partial charge in [-0.1, -0.05) is 11.6 Å². The second-order valence-electron chi connectivity index (χ2n) is 2.70. The van der Waals surface area contributed by atoms with Crippen LogP contribution in [0.4, 0.5) is 5.69 Å². The van der Waals surface area contributed by atoms with Crippen molar-refractivity contribution in [2.45, 2.75) is 6.92 Å². The van der Waals surface area contributed by atoms with E-state index in [-0.39, 0.29) is 0 Å². The summed E-state index contributed by atoms with van der Waals surface area (Å²) in [5, 5.41) is 0.679. The average molecular weight is 200 g/mol. The maximum atomic E-state index is 5.99. The third kappa shape index (κ3) is 2.57. The molecule has 0 aliphatic carbocycles.